The van der Waals surface area contributed by atoms with Crippen LogP contribution < -0.4 is 5.73 Å². The minimum Gasteiger partial charge on any atom is -0.382 e. The van der Waals surface area contributed by atoms with Crippen molar-refractivity contribution in [2.24, 2.45) is 4.99 Å². The van der Waals surface area contributed by atoms with Gasteiger partial charge in [-0.3, -0.25) is 0 Å². The molecule has 0 radical (unpaired) electrons. The van der Waals surface area contributed by atoms with Gasteiger partial charge in [0.15, 0.2) is 11.6 Å². The molecule has 0 unspecified atom stereocenters. The van der Waals surface area contributed by atoms with Crippen molar-refractivity contribution in [3.05, 3.63) is 35.6 Å². The molecule has 0 aliphatic rings. The summed E-state index contributed by atoms with van der Waals surface area (Å²) in [6.07, 6.45) is 8.27. The number of nitrogens with one attached hydrogen (secondary N) is 2. The fraction of sp³-hybridized carbons (Fsp3) is 0.133. The van der Waals surface area contributed by atoms with Gasteiger partial charge < -0.3 is 20.6 Å². The van der Waals surface area contributed by atoms with Crippen molar-refractivity contribution in [1.82, 2.24) is 34.8 Å². The number of nitrogens with zero attached hydrogens (tertiary/aromatic N) is 6. The second kappa shape index (κ2) is 7.26. The van der Waals surface area contributed by atoms with Crippen molar-refractivity contribution in [2.75, 3.05) is 19.8 Å². The van der Waals surface area contributed by atoms with Crippen molar-refractivity contribution >= 4 is 56.0 Å². The molecule has 0 amide bonds. The van der Waals surface area contributed by atoms with E-state index in [1.54, 1.807) is 12.5 Å². The Morgan fingerprint density at radius 3 is 2.68 bits per heavy atom. The fourth-order valence-electron chi connectivity index (χ4n) is 2.05. The summed E-state index contributed by atoms with van der Waals surface area (Å²) >= 11 is 3.40. The maximum atomic E-state index is 5.52. The van der Waals surface area contributed by atoms with Crippen molar-refractivity contribution in [3.63, 3.8) is 0 Å². The lowest BCUT2D eigenvalue weighted by Crippen LogP contribution is -2.07. The minimum atomic E-state index is 0.495. The Kier molecular flexibility index (Phi) is 4.89. The van der Waals surface area contributed by atoms with Gasteiger partial charge in [0.25, 0.3) is 0 Å². The first-order valence-corrected chi connectivity index (χ1v) is 8.07. The molecule has 0 atom stereocenters. The summed E-state index contributed by atoms with van der Waals surface area (Å²) in [5, 5.41) is 0. The van der Waals surface area contributed by atoms with E-state index < -0.39 is 0 Å². The second-order valence-electron chi connectivity index (χ2n) is 5.26. The maximum Gasteiger partial charge on any atom is 0.181 e. The number of hydrogen-bond donors (Lipinski definition) is 3. The zero-order chi connectivity index (χ0) is 17.8. The third-order valence-electron chi connectivity index (χ3n) is 3.18. The number of halogens is 1. The Balaban J connectivity index is 0.000000157. The molecule has 4 N–H and O–H groups in total. The van der Waals surface area contributed by atoms with Crippen LogP contribution in [0.3, 0.4) is 0 Å². The first-order chi connectivity index (χ1) is 12.1. The van der Waals surface area contributed by atoms with Crippen LogP contribution in [0.4, 0.5) is 11.6 Å². The van der Waals surface area contributed by atoms with Gasteiger partial charge in [0.2, 0.25) is 0 Å². The van der Waals surface area contributed by atoms with E-state index >= 15 is 0 Å². The van der Waals surface area contributed by atoms with Crippen molar-refractivity contribution in [3.8, 4) is 0 Å². The van der Waals surface area contributed by atoms with Gasteiger partial charge in [-0.1, -0.05) is 0 Å². The Bertz CT molecular complexity index is 1020. The number of nitrogens with two attached hydrogens (primary N) is 1. The average molecular weight is 402 g/mol. The summed E-state index contributed by atoms with van der Waals surface area (Å²) in [7, 11) is 3.82. The number of aromatic amines is 2. The third-order valence-corrected chi connectivity index (χ3v) is 3.79. The van der Waals surface area contributed by atoms with Crippen molar-refractivity contribution < 1.29 is 0 Å². The molecule has 0 aliphatic carbocycles. The number of nitrogen functional groups attached to an aromatic ring is 1. The number of H-pyrrole nitrogens is 2. The van der Waals surface area contributed by atoms with Crippen LogP contribution in [0.2, 0.25) is 0 Å². The summed E-state index contributed by atoms with van der Waals surface area (Å²) in [6, 6.07) is 1.85. The summed E-state index contributed by atoms with van der Waals surface area (Å²) < 4.78 is 0.918. The molecule has 4 aromatic heterocycles. The van der Waals surface area contributed by atoms with Gasteiger partial charge in [-0.05, 0) is 22.0 Å². The Hall–Kier alpha value is -3.01. The highest BCUT2D eigenvalue weighted by Crippen LogP contribution is 2.26. The van der Waals surface area contributed by atoms with Crippen LogP contribution in [0, 0.1) is 0 Å². The fourth-order valence-corrected chi connectivity index (χ4v) is 2.47. The smallest absolute Gasteiger partial charge is 0.181 e. The maximum absolute atomic E-state index is 5.52. The summed E-state index contributed by atoms with van der Waals surface area (Å²) in [6.45, 7) is 0. The molecule has 0 bridgehead atoms. The molecule has 4 heterocycles. The van der Waals surface area contributed by atoms with Crippen LogP contribution in [-0.4, -0.2) is 55.2 Å². The van der Waals surface area contributed by atoms with Crippen molar-refractivity contribution in [2.45, 2.75) is 0 Å². The lowest BCUT2D eigenvalue weighted by Gasteiger charge is -2.01. The van der Waals surface area contributed by atoms with Gasteiger partial charge in [-0.25, -0.2) is 24.9 Å². The quantitative estimate of drug-likeness (QED) is 0.350. The van der Waals surface area contributed by atoms with Crippen LogP contribution in [0.15, 0.2) is 40.6 Å². The first kappa shape index (κ1) is 16.8. The predicted octanol–water partition coefficient (Wildman–Crippen LogP) is 2.48. The highest BCUT2D eigenvalue weighted by molar-refractivity contribution is 9.10. The zero-order valence-corrected chi connectivity index (χ0v) is 15.2. The van der Waals surface area contributed by atoms with Crippen molar-refractivity contribution in [1.29, 1.82) is 0 Å². The van der Waals surface area contributed by atoms with E-state index in [2.05, 4.69) is 50.8 Å². The standard InChI is InChI=1S/C9H10BrN5.C6H6N4/c1-15(2)5-14-9-8-7(12-4-13-9)6(10)3-11-8;7-6-5-4(1-2-8-5)9-3-10-6/h3-5,11H,1-2H3;1-3,8H,(H2,7,9,10)/b14-5-;. The average Bonchev–Trinajstić information content (AvgIpc) is 3.22. The molecule has 128 valence electrons. The summed E-state index contributed by atoms with van der Waals surface area (Å²) in [5.41, 5.74) is 8.86. The molecule has 10 heteroatoms. The largest absolute Gasteiger partial charge is 0.382 e. The topological polar surface area (TPSA) is 125 Å². The molecule has 9 nitrogen and oxygen atoms in total. The van der Waals surface area contributed by atoms with E-state index in [4.69, 9.17) is 5.73 Å². The lowest BCUT2D eigenvalue weighted by molar-refractivity contribution is 0.643. The molecular weight excluding hydrogens is 386 g/mol. The van der Waals surface area contributed by atoms with E-state index in [-0.39, 0.29) is 0 Å². The Morgan fingerprint density at radius 2 is 1.92 bits per heavy atom. The van der Waals surface area contributed by atoms with E-state index in [1.165, 1.54) is 12.7 Å². The van der Waals surface area contributed by atoms with Gasteiger partial charge in [-0.2, -0.15) is 0 Å². The van der Waals surface area contributed by atoms with Gasteiger partial charge in [0.1, 0.15) is 29.2 Å². The molecule has 0 saturated carbocycles. The van der Waals surface area contributed by atoms with E-state index in [0.717, 1.165) is 26.5 Å². The van der Waals surface area contributed by atoms with Crippen LogP contribution in [0.5, 0.6) is 0 Å². The lowest BCUT2D eigenvalue weighted by atomic mass is 10.4. The van der Waals surface area contributed by atoms with Gasteiger partial charge in [-0.15, -0.1) is 0 Å². The summed E-state index contributed by atoms with van der Waals surface area (Å²) in [4.78, 5) is 28.2. The highest BCUT2D eigenvalue weighted by Gasteiger charge is 2.06. The SMILES string of the molecule is CN(C)/C=N\c1ncnc2c(Br)c[nH]c12.Nc1ncnc2cc[nH]c12. The zero-order valence-electron chi connectivity index (χ0n) is 13.6. The molecule has 0 aromatic carbocycles. The van der Waals surface area contributed by atoms with Crippen LogP contribution >= 0.6 is 15.9 Å². The molecule has 25 heavy (non-hydrogen) atoms. The number of hydrogen-bond acceptors (Lipinski definition) is 6. The highest BCUT2D eigenvalue weighted by atomic mass is 79.9. The van der Waals surface area contributed by atoms with Gasteiger partial charge >= 0.3 is 0 Å². The number of fused-ring (bicyclic) bond motifs is 2. The number of rotatable bonds is 2. The molecule has 0 spiro atoms. The Morgan fingerprint density at radius 1 is 1.12 bits per heavy atom. The molecule has 4 aromatic rings. The number of anilines is 1. The first-order valence-electron chi connectivity index (χ1n) is 7.28. The van der Waals surface area contributed by atoms with E-state index in [1.807, 2.05) is 31.3 Å². The third kappa shape index (κ3) is 3.74. The second-order valence-corrected chi connectivity index (χ2v) is 6.12. The monoisotopic (exact) mass is 401 g/mol. The summed E-state index contributed by atoms with van der Waals surface area (Å²) in [5.74, 6) is 1.13. The van der Waals surface area contributed by atoms with Gasteiger partial charge in [0.05, 0.1) is 16.3 Å². The molecule has 4 rings (SSSR count). The van der Waals surface area contributed by atoms with Crippen LogP contribution in [-0.2, 0) is 0 Å². The number of aliphatic imine (C=N–C) groups is 1. The van der Waals surface area contributed by atoms with E-state index in [0.29, 0.717) is 11.6 Å². The molecule has 0 saturated heterocycles. The van der Waals surface area contributed by atoms with Crippen LogP contribution in [0.1, 0.15) is 0 Å². The minimum absolute atomic E-state index is 0.495. The Labute approximate surface area is 151 Å². The predicted molar refractivity (Wildman–Crippen MR) is 102 cm³/mol. The van der Waals surface area contributed by atoms with Crippen LogP contribution in [0.25, 0.3) is 22.1 Å². The van der Waals surface area contributed by atoms with E-state index in [9.17, 15) is 0 Å². The molecule has 0 fully saturated rings. The van der Waals surface area contributed by atoms with Gasteiger partial charge in [0, 0.05) is 26.5 Å². The molecule has 0 aliphatic heterocycles. The number of aromatic nitrogens is 6. The normalized spacial score (nSPS) is 11.0. The molecular formula is C15H16BrN9.